The summed E-state index contributed by atoms with van der Waals surface area (Å²) in [7, 11) is 3.46. The molecule has 2 fully saturated rings. The number of hydrogen-bond donors (Lipinski definition) is 1. The van der Waals surface area contributed by atoms with E-state index in [-0.39, 0.29) is 24.3 Å². The maximum Gasteiger partial charge on any atom is 0.319 e. The van der Waals surface area contributed by atoms with Crippen LogP contribution in [0.4, 0.5) is 4.79 Å². The molecule has 0 aliphatic carbocycles. The van der Waals surface area contributed by atoms with Gasteiger partial charge in [-0.2, -0.15) is 0 Å². The molecular formula is C34H35BrClN5O3S. The third kappa shape index (κ3) is 6.20. The van der Waals surface area contributed by atoms with Crippen LogP contribution in [0, 0.1) is 6.92 Å². The minimum atomic E-state index is -1.16. The molecule has 234 valence electrons. The number of likely N-dealkylation sites (tertiary alicyclic amines) is 1. The highest BCUT2D eigenvalue weighted by Crippen LogP contribution is 2.55. The quantitative estimate of drug-likeness (QED) is 0.241. The predicted molar refractivity (Wildman–Crippen MR) is 182 cm³/mol. The second kappa shape index (κ2) is 12.7. The average molecular weight is 709 g/mol. The highest BCUT2D eigenvalue weighted by Gasteiger charge is 2.60. The smallest absolute Gasteiger partial charge is 0.319 e. The lowest BCUT2D eigenvalue weighted by molar-refractivity contribution is -0.136. The summed E-state index contributed by atoms with van der Waals surface area (Å²) in [5.74, 6) is -0.175. The van der Waals surface area contributed by atoms with Gasteiger partial charge in [0.25, 0.3) is 0 Å². The molecule has 0 unspecified atom stereocenters. The Kier molecular flexibility index (Phi) is 8.91. The zero-order chi connectivity index (χ0) is 31.9. The standard InChI is InChI=1S/C34H35BrClN5O3S/c1-22-4-11-26(12-5-22)45-34(32(43)39-14-16-40(17-15-39)33(44)38(2)3)19-30(42)41(21-23-6-8-24(35)9-7-23)31(34)28-20-37-29-18-25(36)10-13-27(28)29/h4-13,18,20,31,37H,14-17,19,21H2,1-3H3/t31-,34-/m0/s1. The molecule has 0 saturated carbocycles. The third-order valence-corrected chi connectivity index (χ3v) is 10.8. The Morgan fingerprint density at radius 1 is 1.00 bits per heavy atom. The summed E-state index contributed by atoms with van der Waals surface area (Å²) in [5, 5.41) is 1.52. The molecule has 0 radical (unpaired) electrons. The van der Waals surface area contributed by atoms with Gasteiger partial charge in [-0.05, 0) is 48.9 Å². The van der Waals surface area contributed by atoms with E-state index in [1.807, 2.05) is 89.7 Å². The minimum Gasteiger partial charge on any atom is -0.361 e. The molecule has 6 rings (SSSR count). The van der Waals surface area contributed by atoms with Crippen LogP contribution in [-0.2, 0) is 16.1 Å². The Bertz CT molecular complexity index is 1740. The van der Waals surface area contributed by atoms with Crippen LogP contribution >= 0.6 is 39.3 Å². The van der Waals surface area contributed by atoms with E-state index in [1.165, 1.54) is 11.8 Å². The van der Waals surface area contributed by atoms with Gasteiger partial charge in [0, 0.05) is 83.9 Å². The van der Waals surface area contributed by atoms with Crippen LogP contribution in [0.3, 0.4) is 0 Å². The lowest BCUT2D eigenvalue weighted by Gasteiger charge is -2.42. The molecule has 1 aromatic heterocycles. The van der Waals surface area contributed by atoms with Crippen molar-refractivity contribution >= 4 is 68.0 Å². The monoisotopic (exact) mass is 707 g/mol. The average Bonchev–Trinajstić information content (AvgIpc) is 3.55. The number of urea groups is 1. The van der Waals surface area contributed by atoms with Gasteiger partial charge in [-0.15, -0.1) is 11.8 Å². The molecule has 1 N–H and O–H groups in total. The Balaban J connectivity index is 1.47. The van der Waals surface area contributed by atoms with E-state index in [0.717, 1.165) is 37.0 Å². The zero-order valence-corrected chi connectivity index (χ0v) is 28.6. The third-order valence-electron chi connectivity index (χ3n) is 8.63. The van der Waals surface area contributed by atoms with Crippen LogP contribution in [-0.4, -0.2) is 87.5 Å². The fourth-order valence-electron chi connectivity index (χ4n) is 6.35. The number of halogens is 2. The topological polar surface area (TPSA) is 80.0 Å². The van der Waals surface area contributed by atoms with Gasteiger partial charge in [-0.1, -0.05) is 63.4 Å². The van der Waals surface area contributed by atoms with Crippen molar-refractivity contribution < 1.29 is 14.4 Å². The maximum atomic E-state index is 15.1. The first-order valence-corrected chi connectivity index (χ1v) is 16.9. The summed E-state index contributed by atoms with van der Waals surface area (Å²) in [5.41, 5.74) is 3.81. The summed E-state index contributed by atoms with van der Waals surface area (Å²) < 4.78 is -0.208. The molecule has 4 amide bonds. The van der Waals surface area contributed by atoms with E-state index in [9.17, 15) is 9.59 Å². The molecule has 3 heterocycles. The van der Waals surface area contributed by atoms with E-state index in [2.05, 4.69) is 20.9 Å². The van der Waals surface area contributed by atoms with Crippen molar-refractivity contribution in [1.82, 2.24) is 24.6 Å². The molecule has 2 aliphatic rings. The van der Waals surface area contributed by atoms with Gasteiger partial charge in [0.05, 0.1) is 12.5 Å². The van der Waals surface area contributed by atoms with E-state index in [4.69, 9.17) is 11.6 Å². The summed E-state index contributed by atoms with van der Waals surface area (Å²) in [6, 6.07) is 21.1. The van der Waals surface area contributed by atoms with Crippen LogP contribution in [0.15, 0.2) is 82.3 Å². The second-order valence-corrected chi connectivity index (χ2v) is 14.7. The molecule has 2 saturated heterocycles. The molecule has 11 heteroatoms. The van der Waals surface area contributed by atoms with E-state index >= 15 is 4.79 Å². The van der Waals surface area contributed by atoms with Gasteiger partial charge in [0.15, 0.2) is 0 Å². The first-order valence-electron chi connectivity index (χ1n) is 14.9. The molecule has 8 nitrogen and oxygen atoms in total. The number of aryl methyl sites for hydroxylation is 1. The molecule has 2 atom stereocenters. The van der Waals surface area contributed by atoms with Gasteiger partial charge < -0.3 is 24.6 Å². The lowest BCUT2D eigenvalue weighted by atomic mass is 9.90. The first kappa shape index (κ1) is 31.5. The van der Waals surface area contributed by atoms with E-state index < -0.39 is 10.8 Å². The first-order chi connectivity index (χ1) is 21.6. The number of H-pyrrole nitrogens is 1. The fraction of sp³-hybridized carbons (Fsp3) is 0.324. The van der Waals surface area contributed by atoms with Crippen molar-refractivity contribution in [2.24, 2.45) is 0 Å². The zero-order valence-electron chi connectivity index (χ0n) is 25.4. The summed E-state index contributed by atoms with van der Waals surface area (Å²) in [6.07, 6.45) is 1.97. The van der Waals surface area contributed by atoms with Crippen molar-refractivity contribution in [2.75, 3.05) is 40.3 Å². The number of thioether (sulfide) groups is 1. The van der Waals surface area contributed by atoms with Crippen LogP contribution in [0.5, 0.6) is 0 Å². The van der Waals surface area contributed by atoms with Crippen LogP contribution in [0.25, 0.3) is 10.9 Å². The Labute approximate surface area is 280 Å². The van der Waals surface area contributed by atoms with Gasteiger partial charge in [-0.25, -0.2) is 4.79 Å². The Hall–Kier alpha value is -3.47. The highest BCUT2D eigenvalue weighted by molar-refractivity contribution is 9.10. The van der Waals surface area contributed by atoms with Crippen LogP contribution in [0.2, 0.25) is 5.02 Å². The number of amides is 4. The van der Waals surface area contributed by atoms with Gasteiger partial charge in [-0.3, -0.25) is 9.59 Å². The van der Waals surface area contributed by atoms with Crippen LogP contribution < -0.4 is 0 Å². The number of fused-ring (bicyclic) bond motifs is 1. The van der Waals surface area contributed by atoms with Gasteiger partial charge in [0.1, 0.15) is 4.75 Å². The number of rotatable bonds is 6. The number of piperazine rings is 1. The molecule has 3 aromatic carbocycles. The summed E-state index contributed by atoms with van der Waals surface area (Å²) in [4.78, 5) is 53.3. The van der Waals surface area contributed by atoms with Gasteiger partial charge >= 0.3 is 6.03 Å². The number of carbonyl (C=O) groups is 3. The molecule has 4 aromatic rings. The SMILES string of the molecule is Cc1ccc(S[C@@]2(C(=O)N3CCN(C(=O)N(C)C)CC3)CC(=O)N(Cc3ccc(Br)cc3)[C@H]2c2c[nH]c3cc(Cl)ccc23)cc1. The minimum absolute atomic E-state index is 0.0443. The number of aromatic amines is 1. The largest absolute Gasteiger partial charge is 0.361 e. The molecule has 0 spiro atoms. The highest BCUT2D eigenvalue weighted by atomic mass is 79.9. The summed E-state index contributed by atoms with van der Waals surface area (Å²) >= 11 is 11.3. The number of benzene rings is 3. The van der Waals surface area contributed by atoms with E-state index in [0.29, 0.717) is 37.7 Å². The second-order valence-electron chi connectivity index (χ2n) is 11.9. The molecule has 45 heavy (non-hydrogen) atoms. The Morgan fingerprint density at radius 2 is 1.67 bits per heavy atom. The Morgan fingerprint density at radius 3 is 2.33 bits per heavy atom. The van der Waals surface area contributed by atoms with Crippen molar-refractivity contribution in [3.63, 3.8) is 0 Å². The maximum absolute atomic E-state index is 15.1. The predicted octanol–water partition coefficient (Wildman–Crippen LogP) is 6.72. The lowest BCUT2D eigenvalue weighted by Crippen LogP contribution is -2.57. The molecule has 2 aliphatic heterocycles. The fourth-order valence-corrected chi connectivity index (χ4v) is 8.25. The van der Waals surface area contributed by atoms with Crippen molar-refractivity contribution in [2.45, 2.75) is 35.6 Å². The number of aromatic nitrogens is 1. The van der Waals surface area contributed by atoms with Crippen molar-refractivity contribution in [1.29, 1.82) is 0 Å². The van der Waals surface area contributed by atoms with Crippen molar-refractivity contribution in [3.05, 3.63) is 99.1 Å². The van der Waals surface area contributed by atoms with Gasteiger partial charge in [0.2, 0.25) is 11.8 Å². The van der Waals surface area contributed by atoms with E-state index in [1.54, 1.807) is 23.9 Å². The normalized spacial score (nSPS) is 20.2. The number of nitrogens with one attached hydrogen (secondary N) is 1. The number of hydrogen-bond acceptors (Lipinski definition) is 4. The summed E-state index contributed by atoms with van der Waals surface area (Å²) in [6.45, 7) is 4.04. The number of nitrogens with zero attached hydrogens (tertiary/aromatic N) is 4. The molecular weight excluding hydrogens is 674 g/mol. The molecule has 0 bridgehead atoms. The number of carbonyl (C=O) groups excluding carboxylic acids is 3. The van der Waals surface area contributed by atoms with Crippen LogP contribution in [0.1, 0.15) is 29.2 Å². The van der Waals surface area contributed by atoms with Crippen molar-refractivity contribution in [3.8, 4) is 0 Å².